The van der Waals surface area contributed by atoms with Gasteiger partial charge in [0.05, 0.1) is 12.7 Å². The van der Waals surface area contributed by atoms with Crippen molar-refractivity contribution in [3.05, 3.63) is 76.8 Å². The van der Waals surface area contributed by atoms with Crippen molar-refractivity contribution < 1.29 is 22.4 Å². The second kappa shape index (κ2) is 8.55. The molecule has 1 heterocycles. The van der Waals surface area contributed by atoms with E-state index in [0.29, 0.717) is 16.8 Å². The smallest absolute Gasteiger partial charge is 0.168 e. The summed E-state index contributed by atoms with van der Waals surface area (Å²) in [6, 6.07) is 7.93. The van der Waals surface area contributed by atoms with Crippen LogP contribution in [-0.2, 0) is 11.0 Å². The Balaban J connectivity index is 2.12. The van der Waals surface area contributed by atoms with Crippen LogP contribution in [0.25, 0.3) is 5.57 Å². The fraction of sp³-hybridized carbons (Fsp3) is 0.238. The lowest BCUT2D eigenvalue weighted by molar-refractivity contribution is -0.803. The number of hydrogen-bond donors (Lipinski definition) is 1. The van der Waals surface area contributed by atoms with Gasteiger partial charge in [-0.25, -0.2) is 13.0 Å². The third-order valence-corrected chi connectivity index (χ3v) is 4.97. The van der Waals surface area contributed by atoms with Gasteiger partial charge in [0.2, 0.25) is 0 Å². The number of hydrogen-bond acceptors (Lipinski definition) is 4. The molecular formula is C21H23F2N3O3S. The summed E-state index contributed by atoms with van der Waals surface area (Å²) in [6.45, 7) is 0.260. The number of hydroxylamine groups is 3. The maximum atomic E-state index is 14.1. The quantitative estimate of drug-likeness (QED) is 0.546. The van der Waals surface area contributed by atoms with Gasteiger partial charge in [0, 0.05) is 43.2 Å². The number of allylic oxidation sites excluding steroid dienone is 2. The summed E-state index contributed by atoms with van der Waals surface area (Å²) in [5.41, 5.74) is 2.43. The van der Waals surface area contributed by atoms with E-state index in [1.807, 2.05) is 25.1 Å². The van der Waals surface area contributed by atoms with Gasteiger partial charge < -0.3 is 24.2 Å². The number of nitrogens with zero attached hydrogens (tertiary/aromatic N) is 2. The number of benzene rings is 2. The summed E-state index contributed by atoms with van der Waals surface area (Å²) in [7, 11) is 3.91. The van der Waals surface area contributed by atoms with Gasteiger partial charge in [-0.15, -0.1) is 0 Å². The van der Waals surface area contributed by atoms with E-state index in [9.17, 15) is 18.2 Å². The summed E-state index contributed by atoms with van der Waals surface area (Å²) < 4.78 is 46.9. The molecule has 0 radical (unpaired) electrons. The average Bonchev–Trinajstić information content (AvgIpc) is 2.63. The minimum absolute atomic E-state index is 0.148. The topological polar surface area (TPSA) is 64.6 Å². The number of likely N-dealkylation sites (N-methyl/N-ethyl adjacent to an activating group) is 2. The molecule has 1 aliphatic rings. The van der Waals surface area contributed by atoms with Crippen LogP contribution in [-0.4, -0.2) is 47.7 Å². The van der Waals surface area contributed by atoms with E-state index >= 15 is 0 Å². The number of halogens is 2. The van der Waals surface area contributed by atoms with E-state index in [1.54, 1.807) is 18.2 Å². The first-order valence-electron chi connectivity index (χ1n) is 9.08. The van der Waals surface area contributed by atoms with E-state index in [-0.39, 0.29) is 18.0 Å². The first-order chi connectivity index (χ1) is 14.0. The largest absolute Gasteiger partial charge is 0.628 e. The van der Waals surface area contributed by atoms with Crippen molar-refractivity contribution in [2.75, 3.05) is 38.7 Å². The molecule has 1 N–H and O–H groups in total. The highest BCUT2D eigenvalue weighted by Crippen LogP contribution is 2.37. The summed E-state index contributed by atoms with van der Waals surface area (Å²) in [6.07, 6.45) is 4.88. The van der Waals surface area contributed by atoms with Crippen molar-refractivity contribution in [2.45, 2.75) is 0 Å². The van der Waals surface area contributed by atoms with Crippen molar-refractivity contribution in [1.29, 1.82) is 0 Å². The Morgan fingerprint density at radius 3 is 2.50 bits per heavy atom. The fourth-order valence-corrected chi connectivity index (χ4v) is 3.55. The molecule has 0 spiro atoms. The number of quaternary nitrogens is 1. The van der Waals surface area contributed by atoms with Gasteiger partial charge in [0.15, 0.2) is 11.6 Å². The van der Waals surface area contributed by atoms with Crippen LogP contribution < -0.4 is 9.46 Å². The zero-order chi connectivity index (χ0) is 22.1. The van der Waals surface area contributed by atoms with Crippen LogP contribution in [0, 0.1) is 16.8 Å². The average molecular weight is 435 g/mol. The molecule has 3 rings (SSSR count). The monoisotopic (exact) mass is 435 g/mol. The molecule has 0 saturated heterocycles. The highest BCUT2D eigenvalue weighted by Gasteiger charge is 2.23. The maximum Gasteiger partial charge on any atom is 0.168 e. The zero-order valence-electron chi connectivity index (χ0n) is 17.1. The molecule has 0 aliphatic carbocycles. The second-order valence-corrected chi connectivity index (χ2v) is 8.50. The molecule has 30 heavy (non-hydrogen) atoms. The van der Waals surface area contributed by atoms with E-state index in [0.717, 1.165) is 17.8 Å². The normalized spacial score (nSPS) is 19.6. The van der Waals surface area contributed by atoms with Crippen molar-refractivity contribution in [1.82, 2.24) is 4.90 Å². The van der Waals surface area contributed by atoms with E-state index in [2.05, 4.69) is 4.72 Å². The molecule has 0 bridgehead atoms. The second-order valence-electron chi connectivity index (χ2n) is 7.39. The summed E-state index contributed by atoms with van der Waals surface area (Å²) in [5, 5.41) is 12.8. The van der Waals surface area contributed by atoms with Crippen LogP contribution in [0.4, 0.5) is 14.5 Å². The number of anilines is 1. The standard InChI is InChI=1S/C21H23F2N3O3S/c1-25(2)17-9-14(12-26(3,27)13-17)18-11-16(24-30(4)28)6-8-20(18)29-21-7-5-15(22)10-19(21)23/h5-12,24H,13H2,1-4H3. The molecule has 2 aromatic carbocycles. The van der Waals surface area contributed by atoms with Crippen LogP contribution in [0.1, 0.15) is 5.56 Å². The van der Waals surface area contributed by atoms with Gasteiger partial charge in [-0.2, -0.15) is 0 Å². The van der Waals surface area contributed by atoms with Gasteiger partial charge in [-0.3, -0.25) is 0 Å². The summed E-state index contributed by atoms with van der Waals surface area (Å²) in [5.74, 6) is -1.43. The van der Waals surface area contributed by atoms with Gasteiger partial charge in [0.1, 0.15) is 35.3 Å². The lowest BCUT2D eigenvalue weighted by Crippen LogP contribution is -2.38. The molecule has 9 heteroatoms. The van der Waals surface area contributed by atoms with E-state index < -0.39 is 27.3 Å². The Morgan fingerprint density at radius 2 is 1.87 bits per heavy atom. The molecule has 160 valence electrons. The number of nitrogens with one attached hydrogen (secondary N) is 1. The van der Waals surface area contributed by atoms with Crippen molar-refractivity contribution in [3.8, 4) is 11.5 Å². The summed E-state index contributed by atoms with van der Waals surface area (Å²) in [4.78, 5) is 1.85. The SMILES string of the molecule is CN(C)C1=CC(c2cc(NS(C)=O)ccc2Oc2ccc(F)cc2F)=C[N+](C)([O-])C1. The van der Waals surface area contributed by atoms with Crippen LogP contribution in [0.5, 0.6) is 11.5 Å². The Hall–Kier alpha value is -2.75. The Bertz CT molecular complexity index is 1050. The van der Waals surface area contributed by atoms with Gasteiger partial charge in [0.25, 0.3) is 0 Å². The number of ether oxygens (including phenoxy) is 1. The molecule has 0 amide bonds. The van der Waals surface area contributed by atoms with E-state index in [1.165, 1.54) is 25.6 Å². The maximum absolute atomic E-state index is 14.1. The minimum Gasteiger partial charge on any atom is -0.628 e. The predicted molar refractivity (Wildman–Crippen MR) is 115 cm³/mol. The fourth-order valence-electron chi connectivity index (χ4n) is 3.09. The van der Waals surface area contributed by atoms with Crippen LogP contribution in [0.2, 0.25) is 0 Å². The Labute approximate surface area is 176 Å². The molecule has 0 fully saturated rings. The molecule has 2 atom stereocenters. The lowest BCUT2D eigenvalue weighted by Gasteiger charge is -2.40. The van der Waals surface area contributed by atoms with Crippen LogP contribution in [0.15, 0.2) is 54.4 Å². The third-order valence-electron chi connectivity index (χ3n) is 4.45. The highest BCUT2D eigenvalue weighted by atomic mass is 32.2. The first-order valence-corrected chi connectivity index (χ1v) is 10.6. The van der Waals surface area contributed by atoms with Gasteiger partial charge >= 0.3 is 0 Å². The Morgan fingerprint density at radius 1 is 1.17 bits per heavy atom. The summed E-state index contributed by atoms with van der Waals surface area (Å²) >= 11 is 0. The molecule has 2 unspecified atom stereocenters. The first kappa shape index (κ1) is 21.9. The molecule has 0 saturated carbocycles. The molecule has 6 nitrogen and oxygen atoms in total. The zero-order valence-corrected chi connectivity index (χ0v) is 17.9. The Kier molecular flexibility index (Phi) is 6.25. The highest BCUT2D eigenvalue weighted by molar-refractivity contribution is 7.85. The van der Waals surface area contributed by atoms with Crippen molar-refractivity contribution >= 4 is 22.2 Å². The minimum atomic E-state index is -1.31. The van der Waals surface area contributed by atoms with E-state index in [4.69, 9.17) is 4.74 Å². The van der Waals surface area contributed by atoms with Crippen LogP contribution in [0.3, 0.4) is 0 Å². The molecule has 1 aliphatic heterocycles. The van der Waals surface area contributed by atoms with Gasteiger partial charge in [-0.1, -0.05) is 0 Å². The lowest BCUT2D eigenvalue weighted by atomic mass is 10.0. The molecule has 0 aromatic heterocycles. The predicted octanol–water partition coefficient (Wildman–Crippen LogP) is 4.21. The molecular weight excluding hydrogens is 412 g/mol. The number of rotatable bonds is 6. The van der Waals surface area contributed by atoms with Crippen molar-refractivity contribution in [2.24, 2.45) is 0 Å². The van der Waals surface area contributed by atoms with Crippen molar-refractivity contribution in [3.63, 3.8) is 0 Å². The van der Waals surface area contributed by atoms with Gasteiger partial charge in [-0.05, 0) is 36.4 Å². The van der Waals surface area contributed by atoms with Crippen LogP contribution >= 0.6 is 0 Å². The third kappa shape index (κ3) is 5.24. The molecule has 2 aromatic rings.